The second-order valence-corrected chi connectivity index (χ2v) is 14.8. The van der Waals surface area contributed by atoms with Crippen molar-refractivity contribution >= 4 is 54.6 Å². The number of nitrogens with zero attached hydrogens (tertiary/aromatic N) is 3. The van der Waals surface area contributed by atoms with E-state index in [0.29, 0.717) is 27.9 Å². The van der Waals surface area contributed by atoms with Gasteiger partial charge >= 0.3 is 0 Å². The van der Waals surface area contributed by atoms with Crippen LogP contribution in [0.3, 0.4) is 0 Å². The lowest BCUT2D eigenvalue weighted by molar-refractivity contribution is -0.135. The zero-order valence-corrected chi connectivity index (χ0v) is 25.9. The number of fused-ring (bicyclic) bond motifs is 1. The number of piperazine rings is 1. The van der Waals surface area contributed by atoms with Gasteiger partial charge in [-0.1, -0.05) is 48.0 Å². The molecule has 0 aliphatic carbocycles. The number of carbonyl (C=O) groups excluding carboxylic acids is 1. The molecule has 6 nitrogen and oxygen atoms in total. The smallest absolute Gasteiger partial charge is 0.252 e. The van der Waals surface area contributed by atoms with Crippen molar-refractivity contribution in [3.8, 4) is 0 Å². The summed E-state index contributed by atoms with van der Waals surface area (Å²) >= 11 is 7.48. The molecular formula is C32H34ClN3O3S2. The fourth-order valence-corrected chi connectivity index (χ4v) is 9.67. The summed E-state index contributed by atoms with van der Waals surface area (Å²) in [6.07, 6.45) is 0. The van der Waals surface area contributed by atoms with Crippen molar-refractivity contribution in [2.75, 3.05) is 44.2 Å². The Morgan fingerprint density at radius 1 is 0.878 bits per heavy atom. The molecule has 3 heterocycles. The Kier molecular flexibility index (Phi) is 7.61. The Hall–Kier alpha value is -2.91. The Morgan fingerprint density at radius 2 is 1.61 bits per heavy atom. The van der Waals surface area contributed by atoms with Crippen LogP contribution in [0, 0.1) is 26.7 Å². The van der Waals surface area contributed by atoms with Gasteiger partial charge in [0, 0.05) is 60.6 Å². The average molecular weight is 608 g/mol. The van der Waals surface area contributed by atoms with Crippen LogP contribution in [0.5, 0.6) is 0 Å². The van der Waals surface area contributed by atoms with E-state index in [1.54, 1.807) is 6.07 Å². The molecule has 214 valence electrons. The molecule has 0 unspecified atom stereocenters. The topological polar surface area (TPSA) is 60.9 Å². The van der Waals surface area contributed by atoms with Gasteiger partial charge in [-0.05, 0) is 78.7 Å². The van der Waals surface area contributed by atoms with Crippen molar-refractivity contribution in [2.45, 2.75) is 30.9 Å². The van der Waals surface area contributed by atoms with Gasteiger partial charge in [0.25, 0.3) is 10.0 Å². The molecule has 9 heteroatoms. The van der Waals surface area contributed by atoms with E-state index in [4.69, 9.17) is 11.6 Å². The highest BCUT2D eigenvalue weighted by atomic mass is 35.5. The summed E-state index contributed by atoms with van der Waals surface area (Å²) in [5, 5.41) is 1.44. The van der Waals surface area contributed by atoms with Crippen LogP contribution in [0.15, 0.2) is 70.9 Å². The maximum Gasteiger partial charge on any atom is 0.252 e. The lowest BCUT2D eigenvalue weighted by Crippen LogP contribution is -2.51. The maximum absolute atomic E-state index is 14.1. The van der Waals surface area contributed by atoms with E-state index in [0.717, 1.165) is 28.7 Å². The molecule has 0 saturated carbocycles. The van der Waals surface area contributed by atoms with E-state index in [9.17, 15) is 13.2 Å². The minimum absolute atomic E-state index is 0.0381. The molecule has 0 spiro atoms. The molecule has 0 bridgehead atoms. The lowest BCUT2D eigenvalue weighted by atomic mass is 9.88. The predicted molar refractivity (Wildman–Crippen MR) is 168 cm³/mol. The number of amides is 1. The van der Waals surface area contributed by atoms with Crippen LogP contribution in [0.1, 0.15) is 28.2 Å². The molecule has 2 aliphatic rings. The van der Waals surface area contributed by atoms with Crippen LogP contribution in [0.25, 0.3) is 10.1 Å². The Labute approximate surface area is 251 Å². The summed E-state index contributed by atoms with van der Waals surface area (Å²) in [7, 11) is -3.80. The Bertz CT molecular complexity index is 1710. The lowest BCUT2D eigenvalue weighted by Gasteiger charge is -2.38. The highest BCUT2D eigenvalue weighted by Crippen LogP contribution is 2.41. The second kappa shape index (κ2) is 11.1. The summed E-state index contributed by atoms with van der Waals surface area (Å²) in [5.74, 6) is -0.610. The van der Waals surface area contributed by atoms with Crippen LogP contribution in [-0.4, -0.2) is 62.8 Å². The van der Waals surface area contributed by atoms with Gasteiger partial charge in [0.2, 0.25) is 5.91 Å². The number of rotatable bonds is 5. The van der Waals surface area contributed by atoms with Crippen molar-refractivity contribution in [1.29, 1.82) is 0 Å². The van der Waals surface area contributed by atoms with Crippen LogP contribution in [-0.2, 0) is 14.8 Å². The van der Waals surface area contributed by atoms with Crippen molar-refractivity contribution in [3.05, 3.63) is 94.0 Å². The second-order valence-electron chi connectivity index (χ2n) is 11.2. The summed E-state index contributed by atoms with van der Waals surface area (Å²) in [4.78, 5) is 18.3. The van der Waals surface area contributed by atoms with Crippen molar-refractivity contribution < 1.29 is 13.2 Å². The highest BCUT2D eigenvalue weighted by Gasteiger charge is 2.46. The van der Waals surface area contributed by atoms with Crippen LogP contribution in [0.2, 0.25) is 5.02 Å². The van der Waals surface area contributed by atoms with Crippen molar-refractivity contribution in [2.24, 2.45) is 5.92 Å². The zero-order chi connectivity index (χ0) is 28.9. The Balaban J connectivity index is 1.25. The van der Waals surface area contributed by atoms with Gasteiger partial charge in [0.15, 0.2) is 0 Å². The number of carbonyl (C=O) groups is 1. The number of thiophene rings is 1. The highest BCUT2D eigenvalue weighted by molar-refractivity contribution is 7.91. The van der Waals surface area contributed by atoms with Crippen LogP contribution >= 0.6 is 22.9 Å². The molecule has 3 aromatic carbocycles. The molecule has 0 radical (unpaired) electrons. The number of benzene rings is 3. The first-order valence-electron chi connectivity index (χ1n) is 14.0. The first kappa shape index (κ1) is 28.2. The van der Waals surface area contributed by atoms with Crippen LogP contribution < -0.4 is 4.90 Å². The van der Waals surface area contributed by atoms with E-state index >= 15 is 0 Å². The van der Waals surface area contributed by atoms with Gasteiger partial charge in [-0.2, -0.15) is 4.31 Å². The fourth-order valence-electron chi connectivity index (χ4n) is 6.13. The van der Waals surface area contributed by atoms with E-state index < -0.39 is 15.9 Å². The van der Waals surface area contributed by atoms with E-state index in [1.165, 1.54) is 32.5 Å². The van der Waals surface area contributed by atoms with Crippen molar-refractivity contribution in [1.82, 2.24) is 9.21 Å². The van der Waals surface area contributed by atoms with Crippen LogP contribution in [0.4, 0.5) is 5.69 Å². The zero-order valence-electron chi connectivity index (χ0n) is 23.5. The molecular weight excluding hydrogens is 574 g/mol. The van der Waals surface area contributed by atoms with Gasteiger partial charge in [0.05, 0.1) is 5.92 Å². The molecule has 1 aromatic heterocycles. The molecule has 2 aliphatic heterocycles. The largest absolute Gasteiger partial charge is 0.368 e. The van der Waals surface area contributed by atoms with Crippen molar-refractivity contribution in [3.63, 3.8) is 0 Å². The summed E-state index contributed by atoms with van der Waals surface area (Å²) in [6, 6.07) is 21.8. The number of aryl methyl sites for hydroxylation is 3. The fraction of sp³-hybridized carbons (Fsp3) is 0.344. The molecule has 2 fully saturated rings. The molecule has 1 amide bonds. The number of hydrogen-bond donors (Lipinski definition) is 0. The molecule has 0 N–H and O–H groups in total. The van der Waals surface area contributed by atoms with Gasteiger partial charge in [-0.15, -0.1) is 11.3 Å². The van der Waals surface area contributed by atoms with E-state index in [-0.39, 0.29) is 24.9 Å². The van der Waals surface area contributed by atoms with E-state index in [2.05, 4.69) is 36.9 Å². The monoisotopic (exact) mass is 607 g/mol. The number of halogens is 1. The predicted octanol–water partition coefficient (Wildman–Crippen LogP) is 6.23. The molecule has 2 atom stereocenters. The summed E-state index contributed by atoms with van der Waals surface area (Å²) < 4.78 is 30.9. The number of anilines is 1. The summed E-state index contributed by atoms with van der Waals surface area (Å²) in [5.41, 5.74) is 5.42. The van der Waals surface area contributed by atoms with E-state index in [1.807, 2.05) is 54.3 Å². The quantitative estimate of drug-likeness (QED) is 0.270. The van der Waals surface area contributed by atoms with Gasteiger partial charge in [-0.25, -0.2) is 8.42 Å². The SMILES string of the molecule is Cc1ccc(N2CCN(C(=O)[C@@H]3CN(S(=O)(=O)c4sc5ccc(Cl)cc5c4C)C[C@H]3c3ccccc3)CC2)cc1C. The molecule has 6 rings (SSSR count). The third-order valence-electron chi connectivity index (χ3n) is 8.71. The third-order valence-corrected chi connectivity index (χ3v) is 12.6. The molecule has 41 heavy (non-hydrogen) atoms. The average Bonchev–Trinajstić information content (AvgIpc) is 3.58. The number of hydrogen-bond acceptors (Lipinski definition) is 5. The number of sulfonamides is 1. The molecule has 4 aromatic rings. The first-order valence-corrected chi connectivity index (χ1v) is 16.6. The normalized spacial score (nSPS) is 20.2. The maximum atomic E-state index is 14.1. The Morgan fingerprint density at radius 3 is 2.32 bits per heavy atom. The minimum Gasteiger partial charge on any atom is -0.368 e. The molecule has 2 saturated heterocycles. The van der Waals surface area contributed by atoms with Gasteiger partial charge < -0.3 is 9.80 Å². The third kappa shape index (κ3) is 5.27. The first-order chi connectivity index (χ1) is 19.6. The minimum atomic E-state index is -3.80. The standard InChI is InChI=1S/C32H34ClN3O3S2/c1-21-9-11-26(17-22(21)2)34-13-15-35(16-14-34)31(37)29-20-36(19-28(29)24-7-5-4-6-8-24)41(38,39)32-23(3)27-18-25(33)10-12-30(27)40-32/h4-12,17-18,28-29H,13-16,19-20H2,1-3H3/t28-,29+/m0/s1. The van der Waals surface area contributed by atoms with Gasteiger partial charge in [0.1, 0.15) is 4.21 Å². The summed E-state index contributed by atoms with van der Waals surface area (Å²) in [6.45, 7) is 9.26. The van der Waals surface area contributed by atoms with Gasteiger partial charge in [-0.3, -0.25) is 4.79 Å².